The molecule has 1 aromatic heterocycles. The molecule has 3 aromatic rings. The second kappa shape index (κ2) is 7.70. The van der Waals surface area contributed by atoms with Crippen molar-refractivity contribution < 1.29 is 9.84 Å². The summed E-state index contributed by atoms with van der Waals surface area (Å²) in [6.45, 7) is 4.59. The van der Waals surface area contributed by atoms with E-state index in [0.717, 1.165) is 54.8 Å². The van der Waals surface area contributed by atoms with Gasteiger partial charge < -0.3 is 25.0 Å². The Morgan fingerprint density at radius 3 is 2.97 bits per heavy atom. The van der Waals surface area contributed by atoms with Crippen molar-refractivity contribution in [1.82, 2.24) is 9.88 Å². The van der Waals surface area contributed by atoms with Gasteiger partial charge in [0.1, 0.15) is 17.5 Å². The SMILES string of the molecule is OC1CN2c3c(cccc3[C@@H]3CN(CCCOc4cccc5cccnc45)CC[C@@H]32)N1. The van der Waals surface area contributed by atoms with Gasteiger partial charge in [-0.15, -0.1) is 0 Å². The van der Waals surface area contributed by atoms with Crippen LogP contribution in [0.4, 0.5) is 11.4 Å². The topological polar surface area (TPSA) is 60.9 Å². The first-order valence-electron chi connectivity index (χ1n) is 11.3. The van der Waals surface area contributed by atoms with E-state index in [9.17, 15) is 5.11 Å². The zero-order chi connectivity index (χ0) is 20.8. The summed E-state index contributed by atoms with van der Waals surface area (Å²) in [5.74, 6) is 1.38. The summed E-state index contributed by atoms with van der Waals surface area (Å²) in [4.78, 5) is 9.50. The molecule has 6 rings (SSSR count). The highest BCUT2D eigenvalue weighted by Gasteiger charge is 2.44. The second-order valence-electron chi connectivity index (χ2n) is 8.85. The second-order valence-corrected chi connectivity index (χ2v) is 8.85. The Kier molecular flexibility index (Phi) is 4.69. The molecule has 1 saturated heterocycles. The molecule has 1 unspecified atom stereocenters. The van der Waals surface area contributed by atoms with Gasteiger partial charge in [-0.2, -0.15) is 0 Å². The van der Waals surface area contributed by atoms with Crippen LogP contribution in [-0.4, -0.2) is 60.0 Å². The lowest BCUT2D eigenvalue weighted by Crippen LogP contribution is -2.50. The van der Waals surface area contributed by atoms with Gasteiger partial charge in [-0.3, -0.25) is 4.98 Å². The predicted octanol–water partition coefficient (Wildman–Crippen LogP) is 3.43. The van der Waals surface area contributed by atoms with Crippen LogP contribution >= 0.6 is 0 Å². The van der Waals surface area contributed by atoms with Crippen molar-refractivity contribution >= 4 is 22.3 Å². The van der Waals surface area contributed by atoms with E-state index in [1.165, 1.54) is 11.3 Å². The van der Waals surface area contributed by atoms with Crippen molar-refractivity contribution in [2.45, 2.75) is 31.0 Å². The summed E-state index contributed by atoms with van der Waals surface area (Å²) in [6.07, 6.45) is 3.47. The highest BCUT2D eigenvalue weighted by Crippen LogP contribution is 2.49. The van der Waals surface area contributed by atoms with Crippen LogP contribution in [0, 0.1) is 0 Å². The highest BCUT2D eigenvalue weighted by atomic mass is 16.5. The first-order chi connectivity index (χ1) is 15.3. The zero-order valence-corrected chi connectivity index (χ0v) is 17.6. The third-order valence-electron chi connectivity index (χ3n) is 6.98. The van der Waals surface area contributed by atoms with E-state index in [4.69, 9.17) is 4.74 Å². The van der Waals surface area contributed by atoms with Gasteiger partial charge >= 0.3 is 0 Å². The zero-order valence-electron chi connectivity index (χ0n) is 17.6. The number of nitrogens with zero attached hydrogens (tertiary/aromatic N) is 3. The van der Waals surface area contributed by atoms with Gasteiger partial charge in [0.2, 0.25) is 0 Å². The minimum atomic E-state index is -0.486. The highest BCUT2D eigenvalue weighted by molar-refractivity contribution is 5.84. The number of pyridine rings is 1. The number of anilines is 2. The minimum absolute atomic E-state index is 0.486. The van der Waals surface area contributed by atoms with Crippen LogP contribution in [0.2, 0.25) is 0 Å². The van der Waals surface area contributed by atoms with Crippen molar-refractivity contribution in [2.24, 2.45) is 0 Å². The molecule has 2 aromatic carbocycles. The van der Waals surface area contributed by atoms with E-state index in [0.29, 0.717) is 25.1 Å². The Balaban J connectivity index is 1.09. The molecule has 3 aliphatic heterocycles. The maximum absolute atomic E-state index is 10.2. The number of fused-ring (bicyclic) bond motifs is 4. The summed E-state index contributed by atoms with van der Waals surface area (Å²) < 4.78 is 6.09. The summed E-state index contributed by atoms with van der Waals surface area (Å²) in [5, 5.41) is 14.6. The van der Waals surface area contributed by atoms with Crippen LogP contribution in [0.5, 0.6) is 5.75 Å². The van der Waals surface area contributed by atoms with Gasteiger partial charge in [0.15, 0.2) is 0 Å². The number of hydrogen-bond donors (Lipinski definition) is 2. The maximum Gasteiger partial charge on any atom is 0.145 e. The molecule has 0 saturated carbocycles. The lowest BCUT2D eigenvalue weighted by atomic mass is 9.89. The molecule has 0 bridgehead atoms. The number of likely N-dealkylation sites (tertiary alicyclic amines) is 1. The van der Waals surface area contributed by atoms with Crippen molar-refractivity contribution in [2.75, 3.05) is 43.0 Å². The smallest absolute Gasteiger partial charge is 0.145 e. The van der Waals surface area contributed by atoms with Gasteiger partial charge in [-0.05, 0) is 36.6 Å². The molecular formula is C25H28N4O2. The monoisotopic (exact) mass is 416 g/mol. The van der Waals surface area contributed by atoms with E-state index in [-0.39, 0.29) is 0 Å². The number of aromatic nitrogens is 1. The number of benzene rings is 2. The third kappa shape index (κ3) is 3.30. The Morgan fingerprint density at radius 2 is 2.00 bits per heavy atom. The van der Waals surface area contributed by atoms with Crippen molar-refractivity contribution in [3.63, 3.8) is 0 Å². The average Bonchev–Trinajstić information content (AvgIpc) is 3.11. The summed E-state index contributed by atoms with van der Waals surface area (Å²) >= 11 is 0. The molecule has 3 aliphatic rings. The Bertz CT molecular complexity index is 1100. The van der Waals surface area contributed by atoms with Crippen LogP contribution in [-0.2, 0) is 0 Å². The largest absolute Gasteiger partial charge is 0.491 e. The Morgan fingerprint density at radius 1 is 1.10 bits per heavy atom. The molecule has 160 valence electrons. The number of nitrogens with one attached hydrogen (secondary N) is 1. The number of hydrogen-bond acceptors (Lipinski definition) is 6. The van der Waals surface area contributed by atoms with E-state index < -0.39 is 6.23 Å². The number of rotatable bonds is 5. The van der Waals surface area contributed by atoms with Gasteiger partial charge in [0, 0.05) is 43.2 Å². The minimum Gasteiger partial charge on any atom is -0.491 e. The lowest BCUT2D eigenvalue weighted by molar-refractivity contribution is 0.166. The van der Waals surface area contributed by atoms with Crippen LogP contribution < -0.4 is 15.0 Å². The summed E-state index contributed by atoms with van der Waals surface area (Å²) in [6, 6.07) is 17.1. The standard InChI is InChI=1S/C25H28N4O2/c30-23-16-29-21-10-13-28(15-19(21)18-7-2-8-20(27-23)25(18)29)12-4-14-31-22-9-1-5-17-6-3-11-26-24(17)22/h1-3,5-9,11,19,21,23,27,30H,4,10,12-16H2/t19-,21-,23?/m0/s1. The fraction of sp³-hybridized carbons (Fsp3) is 0.400. The number of piperidine rings is 1. The molecule has 0 aliphatic carbocycles. The van der Waals surface area contributed by atoms with Crippen LogP contribution in [0.15, 0.2) is 54.7 Å². The molecule has 2 N–H and O–H groups in total. The molecule has 31 heavy (non-hydrogen) atoms. The Labute approximate surface area is 182 Å². The normalized spacial score (nSPS) is 24.5. The quantitative estimate of drug-likeness (QED) is 0.622. The van der Waals surface area contributed by atoms with Crippen molar-refractivity contribution in [1.29, 1.82) is 0 Å². The molecular weight excluding hydrogens is 388 g/mol. The first-order valence-corrected chi connectivity index (χ1v) is 11.3. The fourth-order valence-corrected chi connectivity index (χ4v) is 5.65. The Hall–Kier alpha value is -2.83. The maximum atomic E-state index is 10.2. The van der Waals surface area contributed by atoms with Crippen LogP contribution in [0.1, 0.15) is 24.3 Å². The molecule has 6 nitrogen and oxygen atoms in total. The number of aliphatic hydroxyl groups is 1. The predicted molar refractivity (Wildman–Crippen MR) is 123 cm³/mol. The van der Waals surface area contributed by atoms with Gasteiger partial charge in [-0.25, -0.2) is 0 Å². The molecule has 0 amide bonds. The fourth-order valence-electron chi connectivity index (χ4n) is 5.65. The first kappa shape index (κ1) is 18.9. The summed E-state index contributed by atoms with van der Waals surface area (Å²) in [5.41, 5.74) is 4.76. The molecule has 0 spiro atoms. The van der Waals surface area contributed by atoms with Crippen molar-refractivity contribution in [3.8, 4) is 5.75 Å². The third-order valence-corrected chi connectivity index (χ3v) is 6.98. The van der Waals surface area contributed by atoms with Gasteiger partial charge in [-0.1, -0.05) is 30.3 Å². The number of para-hydroxylation sites is 2. The van der Waals surface area contributed by atoms with E-state index >= 15 is 0 Å². The van der Waals surface area contributed by atoms with Gasteiger partial charge in [0.05, 0.1) is 24.5 Å². The van der Waals surface area contributed by atoms with E-state index in [1.54, 1.807) is 0 Å². The summed E-state index contributed by atoms with van der Waals surface area (Å²) in [7, 11) is 0. The number of ether oxygens (including phenoxy) is 1. The van der Waals surface area contributed by atoms with Crippen LogP contribution in [0.25, 0.3) is 10.9 Å². The molecule has 4 heterocycles. The lowest BCUT2D eigenvalue weighted by Gasteiger charge is -2.41. The van der Waals surface area contributed by atoms with Gasteiger partial charge in [0.25, 0.3) is 0 Å². The van der Waals surface area contributed by atoms with E-state index in [2.05, 4.69) is 50.4 Å². The average molecular weight is 417 g/mol. The molecule has 1 fully saturated rings. The molecule has 3 atom stereocenters. The molecule has 0 radical (unpaired) electrons. The van der Waals surface area contributed by atoms with E-state index in [1.807, 2.05) is 24.4 Å². The van der Waals surface area contributed by atoms with Crippen LogP contribution in [0.3, 0.4) is 0 Å². The van der Waals surface area contributed by atoms with Crippen molar-refractivity contribution in [3.05, 3.63) is 60.3 Å². The number of aliphatic hydroxyl groups excluding tert-OH is 1. The molecule has 6 heteroatoms.